The number of pyridine rings is 2. The second-order valence-corrected chi connectivity index (χ2v) is 6.51. The number of amides is 1. The average Bonchev–Trinajstić information content (AvgIpc) is 2.64. The van der Waals surface area contributed by atoms with Crippen LogP contribution in [0.5, 0.6) is 0 Å². The summed E-state index contributed by atoms with van der Waals surface area (Å²) in [6.07, 6.45) is 4.80. The van der Waals surface area contributed by atoms with Gasteiger partial charge in [-0.1, -0.05) is 6.07 Å². The molecule has 6 nitrogen and oxygen atoms in total. The molecule has 0 aliphatic carbocycles. The highest BCUT2D eigenvalue weighted by Gasteiger charge is 2.29. The lowest BCUT2D eigenvalue weighted by molar-refractivity contribution is 0.0795. The van der Waals surface area contributed by atoms with Crippen molar-refractivity contribution in [1.29, 1.82) is 0 Å². The molecule has 1 fully saturated rings. The predicted molar refractivity (Wildman–Crippen MR) is 95.6 cm³/mol. The molecule has 0 saturated carbocycles. The molecule has 2 aromatic rings. The monoisotopic (exact) mass is 338 g/mol. The Morgan fingerprint density at radius 3 is 2.68 bits per heavy atom. The second-order valence-electron chi connectivity index (χ2n) is 6.51. The first-order chi connectivity index (χ1) is 12.0. The maximum absolute atomic E-state index is 12.8. The van der Waals surface area contributed by atoms with E-state index in [4.69, 9.17) is 0 Å². The van der Waals surface area contributed by atoms with Crippen molar-refractivity contribution in [2.45, 2.75) is 25.8 Å². The Hall–Kier alpha value is -2.60. The van der Waals surface area contributed by atoms with Crippen molar-refractivity contribution in [3.63, 3.8) is 0 Å². The van der Waals surface area contributed by atoms with E-state index in [0.29, 0.717) is 23.1 Å². The fourth-order valence-electron chi connectivity index (χ4n) is 3.07. The number of nitrogens with one attached hydrogen (secondary N) is 1. The minimum Gasteiger partial charge on any atom is -0.307 e. The molecule has 2 atom stereocenters. The van der Waals surface area contributed by atoms with Gasteiger partial charge in [0.15, 0.2) is 5.78 Å². The number of ketones is 1. The van der Waals surface area contributed by atoms with Crippen molar-refractivity contribution in [3.05, 3.63) is 54.0 Å². The van der Waals surface area contributed by atoms with Crippen LogP contribution in [0.25, 0.3) is 0 Å². The lowest BCUT2D eigenvalue weighted by atomic mass is 9.87. The molecule has 0 spiro atoms. The zero-order chi connectivity index (χ0) is 17.8. The summed E-state index contributed by atoms with van der Waals surface area (Å²) in [4.78, 5) is 35.5. The molecule has 130 valence electrons. The fourth-order valence-corrected chi connectivity index (χ4v) is 3.07. The molecule has 0 unspecified atom stereocenters. The zero-order valence-electron chi connectivity index (χ0n) is 14.5. The highest BCUT2D eigenvalue weighted by atomic mass is 16.1. The number of hydrogen-bond donors (Lipinski definition) is 1. The number of piperidine rings is 1. The normalized spacial score (nSPS) is 20.9. The third-order valence-corrected chi connectivity index (χ3v) is 4.76. The van der Waals surface area contributed by atoms with Gasteiger partial charge in [0.25, 0.3) is 5.91 Å². The number of carbonyl (C=O) groups is 2. The molecular formula is C19H22N4O2. The Labute approximate surface area is 147 Å². The van der Waals surface area contributed by atoms with E-state index in [1.807, 2.05) is 0 Å². The van der Waals surface area contributed by atoms with E-state index in [9.17, 15) is 9.59 Å². The van der Waals surface area contributed by atoms with Crippen molar-refractivity contribution in [3.8, 4) is 0 Å². The van der Waals surface area contributed by atoms with Crippen LogP contribution < -0.4 is 5.32 Å². The smallest absolute Gasteiger partial charge is 0.256 e. The topological polar surface area (TPSA) is 75.2 Å². The molecule has 0 radical (unpaired) electrons. The number of hydrogen-bond acceptors (Lipinski definition) is 5. The largest absolute Gasteiger partial charge is 0.307 e. The molecule has 6 heteroatoms. The first-order valence-corrected chi connectivity index (χ1v) is 8.47. The summed E-state index contributed by atoms with van der Waals surface area (Å²) in [5.74, 6) is 0.158. The van der Waals surface area contributed by atoms with Crippen molar-refractivity contribution in [1.82, 2.24) is 14.9 Å². The first-order valence-electron chi connectivity index (χ1n) is 8.47. The van der Waals surface area contributed by atoms with Crippen LogP contribution in [0.1, 0.15) is 40.6 Å². The number of aromatic nitrogens is 2. The van der Waals surface area contributed by atoms with E-state index >= 15 is 0 Å². The molecule has 3 rings (SSSR count). The number of Topliss-reactive ketones (excluding diaryl/α,β-unsaturated/α-hetero) is 1. The Morgan fingerprint density at radius 2 is 1.96 bits per heavy atom. The van der Waals surface area contributed by atoms with Crippen LogP contribution >= 0.6 is 0 Å². The van der Waals surface area contributed by atoms with E-state index in [1.54, 1.807) is 42.7 Å². The molecule has 1 saturated heterocycles. The molecule has 1 aliphatic rings. The number of nitrogens with zero attached hydrogens (tertiary/aromatic N) is 3. The third kappa shape index (κ3) is 4.09. The van der Waals surface area contributed by atoms with Crippen molar-refractivity contribution in [2.24, 2.45) is 5.92 Å². The fraction of sp³-hybridized carbons (Fsp3) is 0.368. The molecule has 2 aromatic heterocycles. The van der Waals surface area contributed by atoms with Gasteiger partial charge in [-0.3, -0.25) is 14.6 Å². The Morgan fingerprint density at radius 1 is 1.20 bits per heavy atom. The number of anilines is 1. The molecule has 3 heterocycles. The summed E-state index contributed by atoms with van der Waals surface area (Å²) in [6.45, 7) is 3.05. The summed E-state index contributed by atoms with van der Waals surface area (Å²) >= 11 is 0. The number of likely N-dealkylation sites (tertiary alicyclic amines) is 1. The highest BCUT2D eigenvalue weighted by Crippen LogP contribution is 2.25. The Kier molecular flexibility index (Phi) is 5.19. The Bertz CT molecular complexity index is 763. The molecular weight excluding hydrogens is 316 g/mol. The molecule has 0 bridgehead atoms. The molecule has 1 N–H and O–H groups in total. The van der Waals surface area contributed by atoms with Crippen LogP contribution in [0.3, 0.4) is 0 Å². The van der Waals surface area contributed by atoms with Crippen molar-refractivity contribution >= 4 is 17.5 Å². The molecule has 0 aromatic carbocycles. The summed E-state index contributed by atoms with van der Waals surface area (Å²) < 4.78 is 0. The van der Waals surface area contributed by atoms with Gasteiger partial charge in [-0.2, -0.15) is 0 Å². The number of carbonyl (C=O) groups excluding carboxylic acids is 2. The van der Waals surface area contributed by atoms with Crippen LogP contribution in [-0.2, 0) is 0 Å². The lowest BCUT2D eigenvalue weighted by Gasteiger charge is -2.34. The zero-order valence-corrected chi connectivity index (χ0v) is 14.5. The van der Waals surface area contributed by atoms with Crippen LogP contribution in [0.2, 0.25) is 0 Å². The molecule has 1 aliphatic heterocycles. The van der Waals surface area contributed by atoms with Gasteiger partial charge in [0.1, 0.15) is 11.5 Å². The van der Waals surface area contributed by atoms with E-state index in [-0.39, 0.29) is 17.6 Å². The maximum Gasteiger partial charge on any atom is 0.256 e. The SMILES string of the molecule is C[C@@H]1C[C@@H](C(=O)c2cccc(NC(=O)c3ccncc3)n2)CCN1C. The van der Waals surface area contributed by atoms with Gasteiger partial charge in [0.05, 0.1) is 0 Å². The van der Waals surface area contributed by atoms with Crippen LogP contribution in [-0.4, -0.2) is 46.2 Å². The summed E-state index contributed by atoms with van der Waals surface area (Å²) in [5.41, 5.74) is 0.909. The van der Waals surface area contributed by atoms with E-state index < -0.39 is 0 Å². The van der Waals surface area contributed by atoms with Crippen LogP contribution in [0.4, 0.5) is 5.82 Å². The van der Waals surface area contributed by atoms with E-state index in [1.165, 1.54) is 0 Å². The maximum atomic E-state index is 12.8. The van der Waals surface area contributed by atoms with Gasteiger partial charge in [-0.05, 0) is 57.6 Å². The van der Waals surface area contributed by atoms with E-state index in [0.717, 1.165) is 19.4 Å². The standard InChI is InChI=1S/C19H22N4O2/c1-13-12-15(8-11-23(13)2)18(24)16-4-3-5-17(21-16)22-19(25)14-6-9-20-10-7-14/h3-7,9-10,13,15H,8,11-12H2,1-2H3,(H,21,22,25)/t13-,15+/m1/s1. The average molecular weight is 338 g/mol. The van der Waals surface area contributed by atoms with Gasteiger partial charge in [-0.15, -0.1) is 0 Å². The lowest BCUT2D eigenvalue weighted by Crippen LogP contribution is -2.40. The van der Waals surface area contributed by atoms with Crippen molar-refractivity contribution in [2.75, 3.05) is 18.9 Å². The van der Waals surface area contributed by atoms with Crippen LogP contribution in [0.15, 0.2) is 42.7 Å². The second kappa shape index (κ2) is 7.53. The predicted octanol–water partition coefficient (Wildman–Crippen LogP) is 2.64. The minimum absolute atomic E-state index is 0.00940. The van der Waals surface area contributed by atoms with Crippen molar-refractivity contribution < 1.29 is 9.59 Å². The Balaban J connectivity index is 1.71. The first kappa shape index (κ1) is 17.2. The van der Waals surface area contributed by atoms with Gasteiger partial charge in [0.2, 0.25) is 0 Å². The van der Waals surface area contributed by atoms with Gasteiger partial charge in [0, 0.05) is 29.9 Å². The number of rotatable bonds is 4. The van der Waals surface area contributed by atoms with Gasteiger partial charge < -0.3 is 10.2 Å². The third-order valence-electron chi connectivity index (χ3n) is 4.76. The van der Waals surface area contributed by atoms with Gasteiger partial charge in [-0.25, -0.2) is 4.98 Å². The highest BCUT2D eigenvalue weighted by molar-refractivity contribution is 6.04. The summed E-state index contributed by atoms with van der Waals surface area (Å²) in [5, 5.41) is 2.73. The minimum atomic E-state index is -0.271. The molecule has 1 amide bonds. The summed E-state index contributed by atoms with van der Waals surface area (Å²) in [7, 11) is 2.08. The summed E-state index contributed by atoms with van der Waals surface area (Å²) in [6, 6.07) is 8.80. The van der Waals surface area contributed by atoms with Gasteiger partial charge >= 0.3 is 0 Å². The van der Waals surface area contributed by atoms with Crippen LogP contribution in [0, 0.1) is 5.92 Å². The molecule has 25 heavy (non-hydrogen) atoms. The quantitative estimate of drug-likeness (QED) is 0.868. The van der Waals surface area contributed by atoms with E-state index in [2.05, 4.69) is 34.2 Å².